The van der Waals surface area contributed by atoms with Gasteiger partial charge in [0, 0.05) is 18.5 Å². The minimum absolute atomic E-state index is 0.0332. The van der Waals surface area contributed by atoms with Gasteiger partial charge in [0.15, 0.2) is 0 Å². The number of hydrogen-bond acceptors (Lipinski definition) is 2. The molecule has 17 heavy (non-hydrogen) atoms. The van der Waals surface area contributed by atoms with Crippen molar-refractivity contribution in [2.75, 3.05) is 0 Å². The number of nitrogens with one attached hydrogen (secondary N) is 1. The van der Waals surface area contributed by atoms with Crippen molar-refractivity contribution >= 4 is 5.91 Å². The third-order valence-electron chi connectivity index (χ3n) is 2.82. The summed E-state index contributed by atoms with van der Waals surface area (Å²) in [5.41, 5.74) is 6.18. The third-order valence-corrected chi connectivity index (χ3v) is 2.82. The maximum absolute atomic E-state index is 11.8. The molecule has 0 saturated heterocycles. The fourth-order valence-corrected chi connectivity index (χ4v) is 2.11. The number of amides is 1. The second kappa shape index (κ2) is 7.70. The lowest BCUT2D eigenvalue weighted by Gasteiger charge is -2.23. The smallest absolute Gasteiger partial charge is 0.221 e. The second-order valence-electron chi connectivity index (χ2n) is 6.19. The van der Waals surface area contributed by atoms with E-state index in [0.717, 1.165) is 25.7 Å². The molecule has 1 amide bonds. The zero-order valence-electron chi connectivity index (χ0n) is 12.2. The van der Waals surface area contributed by atoms with Crippen LogP contribution in [0.3, 0.4) is 0 Å². The number of carbonyl (C=O) groups excluding carboxylic acids is 1. The van der Waals surface area contributed by atoms with Gasteiger partial charge in [0.1, 0.15) is 0 Å². The first-order valence-corrected chi connectivity index (χ1v) is 6.83. The van der Waals surface area contributed by atoms with E-state index < -0.39 is 0 Å². The van der Waals surface area contributed by atoms with Gasteiger partial charge in [-0.25, -0.2) is 0 Å². The van der Waals surface area contributed by atoms with Crippen LogP contribution in [0, 0.1) is 5.41 Å². The SMILES string of the molecule is CCCC(CC)NC(=O)CC(N)CC(C)(C)C. The van der Waals surface area contributed by atoms with Gasteiger partial charge in [0.05, 0.1) is 0 Å². The van der Waals surface area contributed by atoms with E-state index in [-0.39, 0.29) is 17.4 Å². The van der Waals surface area contributed by atoms with E-state index >= 15 is 0 Å². The summed E-state index contributed by atoms with van der Waals surface area (Å²) in [6.07, 6.45) is 4.47. The van der Waals surface area contributed by atoms with Gasteiger partial charge < -0.3 is 11.1 Å². The molecular formula is C14H30N2O. The normalized spacial score (nSPS) is 15.4. The average Bonchev–Trinajstić information content (AvgIpc) is 2.13. The summed E-state index contributed by atoms with van der Waals surface area (Å²) in [5, 5.41) is 3.07. The lowest BCUT2D eigenvalue weighted by Crippen LogP contribution is -2.39. The molecule has 0 rings (SSSR count). The van der Waals surface area contributed by atoms with Gasteiger partial charge in [0.25, 0.3) is 0 Å². The maximum atomic E-state index is 11.8. The molecule has 0 aromatic rings. The molecule has 0 heterocycles. The Hall–Kier alpha value is -0.570. The summed E-state index contributed by atoms with van der Waals surface area (Å²) in [4.78, 5) is 11.8. The van der Waals surface area contributed by atoms with Gasteiger partial charge in [-0.15, -0.1) is 0 Å². The number of carbonyl (C=O) groups is 1. The van der Waals surface area contributed by atoms with Gasteiger partial charge >= 0.3 is 0 Å². The van der Waals surface area contributed by atoms with Crippen molar-refractivity contribution in [3.8, 4) is 0 Å². The fraction of sp³-hybridized carbons (Fsp3) is 0.929. The van der Waals surface area contributed by atoms with Gasteiger partial charge in [-0.05, 0) is 24.7 Å². The topological polar surface area (TPSA) is 55.1 Å². The van der Waals surface area contributed by atoms with Crippen LogP contribution in [0.25, 0.3) is 0 Å². The van der Waals surface area contributed by atoms with Crippen LogP contribution in [0.4, 0.5) is 0 Å². The highest BCUT2D eigenvalue weighted by Crippen LogP contribution is 2.21. The van der Waals surface area contributed by atoms with E-state index in [1.807, 2.05) is 0 Å². The Labute approximate surface area is 107 Å². The van der Waals surface area contributed by atoms with E-state index in [1.54, 1.807) is 0 Å². The molecule has 0 saturated carbocycles. The van der Waals surface area contributed by atoms with Crippen LogP contribution in [0.2, 0.25) is 0 Å². The molecule has 0 radical (unpaired) electrons. The van der Waals surface area contributed by atoms with E-state index in [2.05, 4.69) is 39.9 Å². The first kappa shape index (κ1) is 16.4. The average molecular weight is 242 g/mol. The standard InChI is InChI=1S/C14H30N2O/c1-6-8-12(7-2)16-13(17)9-11(15)10-14(3,4)5/h11-12H,6-10,15H2,1-5H3,(H,16,17). The Morgan fingerprint density at radius 2 is 1.88 bits per heavy atom. The van der Waals surface area contributed by atoms with Crippen LogP contribution in [0.15, 0.2) is 0 Å². The molecule has 3 N–H and O–H groups in total. The molecule has 0 aromatic carbocycles. The lowest BCUT2D eigenvalue weighted by molar-refractivity contribution is -0.122. The number of nitrogens with two attached hydrogens (primary N) is 1. The molecule has 3 heteroatoms. The molecule has 0 fully saturated rings. The summed E-state index contributed by atoms with van der Waals surface area (Å²) in [6.45, 7) is 10.7. The monoisotopic (exact) mass is 242 g/mol. The van der Waals surface area contributed by atoms with Crippen molar-refractivity contribution in [1.29, 1.82) is 0 Å². The van der Waals surface area contributed by atoms with E-state index in [4.69, 9.17) is 5.73 Å². The van der Waals surface area contributed by atoms with Gasteiger partial charge in [-0.2, -0.15) is 0 Å². The highest BCUT2D eigenvalue weighted by molar-refractivity contribution is 5.76. The minimum Gasteiger partial charge on any atom is -0.353 e. The van der Waals surface area contributed by atoms with E-state index in [1.165, 1.54) is 0 Å². The van der Waals surface area contributed by atoms with Crippen LogP contribution in [0.1, 0.15) is 66.7 Å². The van der Waals surface area contributed by atoms with Crippen LogP contribution in [0.5, 0.6) is 0 Å². The second-order valence-corrected chi connectivity index (χ2v) is 6.19. The van der Waals surface area contributed by atoms with Crippen LogP contribution in [-0.4, -0.2) is 18.0 Å². The summed E-state index contributed by atoms with van der Waals surface area (Å²) in [5.74, 6) is 0.0991. The summed E-state index contributed by atoms with van der Waals surface area (Å²) < 4.78 is 0. The molecule has 0 aliphatic rings. The molecule has 3 nitrogen and oxygen atoms in total. The van der Waals surface area contributed by atoms with Gasteiger partial charge in [0.2, 0.25) is 5.91 Å². The first-order valence-electron chi connectivity index (χ1n) is 6.83. The molecule has 102 valence electrons. The minimum atomic E-state index is -0.0332. The van der Waals surface area contributed by atoms with Crippen LogP contribution >= 0.6 is 0 Å². The van der Waals surface area contributed by atoms with Crippen molar-refractivity contribution < 1.29 is 4.79 Å². The number of rotatable bonds is 7. The molecule has 0 bridgehead atoms. The highest BCUT2D eigenvalue weighted by atomic mass is 16.1. The zero-order valence-corrected chi connectivity index (χ0v) is 12.2. The fourth-order valence-electron chi connectivity index (χ4n) is 2.11. The van der Waals surface area contributed by atoms with Crippen LogP contribution in [-0.2, 0) is 4.79 Å². The molecule has 0 spiro atoms. The quantitative estimate of drug-likeness (QED) is 0.721. The summed E-state index contributed by atoms with van der Waals surface area (Å²) in [6, 6.07) is 0.281. The van der Waals surface area contributed by atoms with Crippen molar-refractivity contribution in [2.24, 2.45) is 11.1 Å². The summed E-state index contributed by atoms with van der Waals surface area (Å²) in [7, 11) is 0. The largest absolute Gasteiger partial charge is 0.353 e. The molecule has 2 atom stereocenters. The Bertz CT molecular complexity index is 221. The van der Waals surface area contributed by atoms with E-state index in [9.17, 15) is 4.79 Å². The van der Waals surface area contributed by atoms with Crippen molar-refractivity contribution in [3.63, 3.8) is 0 Å². The molecule has 0 aliphatic heterocycles. The van der Waals surface area contributed by atoms with Crippen molar-refractivity contribution in [2.45, 2.75) is 78.8 Å². The predicted molar refractivity (Wildman–Crippen MR) is 73.8 cm³/mol. The third kappa shape index (κ3) is 9.16. The van der Waals surface area contributed by atoms with Gasteiger partial charge in [-0.1, -0.05) is 41.0 Å². The predicted octanol–water partition coefficient (Wildman–Crippen LogP) is 2.83. The van der Waals surface area contributed by atoms with Crippen molar-refractivity contribution in [1.82, 2.24) is 5.32 Å². The first-order chi connectivity index (χ1) is 7.78. The highest BCUT2D eigenvalue weighted by Gasteiger charge is 2.19. The van der Waals surface area contributed by atoms with Gasteiger partial charge in [-0.3, -0.25) is 4.79 Å². The molecular weight excluding hydrogens is 212 g/mol. The molecule has 2 unspecified atom stereocenters. The summed E-state index contributed by atoms with van der Waals surface area (Å²) >= 11 is 0. The lowest BCUT2D eigenvalue weighted by atomic mass is 9.87. The Kier molecular flexibility index (Phi) is 7.44. The maximum Gasteiger partial charge on any atom is 0.221 e. The molecule has 0 aliphatic carbocycles. The molecule has 0 aromatic heterocycles. The van der Waals surface area contributed by atoms with Crippen LogP contribution < -0.4 is 11.1 Å². The Balaban J connectivity index is 3.99. The Morgan fingerprint density at radius 3 is 2.29 bits per heavy atom. The van der Waals surface area contributed by atoms with Crippen molar-refractivity contribution in [3.05, 3.63) is 0 Å². The van der Waals surface area contributed by atoms with E-state index in [0.29, 0.717) is 12.5 Å². The zero-order chi connectivity index (χ0) is 13.5. The Morgan fingerprint density at radius 1 is 1.29 bits per heavy atom. The number of hydrogen-bond donors (Lipinski definition) is 2.